The van der Waals surface area contributed by atoms with Gasteiger partial charge in [0.05, 0.1) is 5.92 Å². The average molecular weight is 183 g/mol. The molecule has 1 aliphatic rings. The number of carbonyl (C=O) groups is 2. The molecular formula is C10H17NO2. The SMILES string of the molecule is CCC(=O)C(C)C(=O)N1CCCC1. The highest BCUT2D eigenvalue weighted by atomic mass is 16.2. The summed E-state index contributed by atoms with van der Waals surface area (Å²) in [6, 6.07) is 0. The molecule has 74 valence electrons. The minimum absolute atomic E-state index is 0.0179. The molecule has 0 bridgehead atoms. The summed E-state index contributed by atoms with van der Waals surface area (Å²) < 4.78 is 0. The van der Waals surface area contributed by atoms with Gasteiger partial charge in [-0.05, 0) is 19.8 Å². The van der Waals surface area contributed by atoms with Crippen molar-refractivity contribution in [3.63, 3.8) is 0 Å². The van der Waals surface area contributed by atoms with Crippen LogP contribution < -0.4 is 0 Å². The van der Waals surface area contributed by atoms with Crippen LogP contribution in [0.25, 0.3) is 0 Å². The Morgan fingerprint density at radius 2 is 1.85 bits per heavy atom. The van der Waals surface area contributed by atoms with E-state index in [0.717, 1.165) is 25.9 Å². The van der Waals surface area contributed by atoms with E-state index in [4.69, 9.17) is 0 Å². The lowest BCUT2D eigenvalue weighted by molar-refractivity contribution is -0.139. The first-order chi connectivity index (χ1) is 6.16. The lowest BCUT2D eigenvalue weighted by Crippen LogP contribution is -2.35. The Morgan fingerprint density at radius 3 is 2.31 bits per heavy atom. The number of hydrogen-bond donors (Lipinski definition) is 0. The molecule has 0 aromatic carbocycles. The van der Waals surface area contributed by atoms with Gasteiger partial charge in [-0.25, -0.2) is 0 Å². The molecule has 3 nitrogen and oxygen atoms in total. The van der Waals surface area contributed by atoms with Gasteiger partial charge in [-0.1, -0.05) is 6.92 Å². The van der Waals surface area contributed by atoms with Crippen molar-refractivity contribution >= 4 is 11.7 Å². The van der Waals surface area contributed by atoms with E-state index >= 15 is 0 Å². The molecule has 0 saturated carbocycles. The van der Waals surface area contributed by atoms with Gasteiger partial charge < -0.3 is 4.90 Å². The second kappa shape index (κ2) is 4.40. The third-order valence-electron chi connectivity index (χ3n) is 2.62. The molecule has 1 saturated heterocycles. The number of rotatable bonds is 3. The summed E-state index contributed by atoms with van der Waals surface area (Å²) in [6.07, 6.45) is 2.62. The van der Waals surface area contributed by atoms with Crippen LogP contribution in [-0.2, 0) is 9.59 Å². The molecule has 13 heavy (non-hydrogen) atoms. The van der Waals surface area contributed by atoms with Crippen molar-refractivity contribution in [1.82, 2.24) is 4.90 Å². The van der Waals surface area contributed by atoms with E-state index in [9.17, 15) is 9.59 Å². The molecule has 0 aromatic heterocycles. The van der Waals surface area contributed by atoms with Crippen LogP contribution in [0.5, 0.6) is 0 Å². The minimum atomic E-state index is -0.428. The molecule has 1 fully saturated rings. The average Bonchev–Trinajstić information content (AvgIpc) is 2.67. The highest BCUT2D eigenvalue weighted by molar-refractivity contribution is 6.00. The highest BCUT2D eigenvalue weighted by Gasteiger charge is 2.26. The summed E-state index contributed by atoms with van der Waals surface area (Å²) in [4.78, 5) is 24.7. The standard InChI is InChI=1S/C10H17NO2/c1-3-9(12)8(2)10(13)11-6-4-5-7-11/h8H,3-7H2,1-2H3. The normalized spacial score (nSPS) is 18.8. The molecular weight excluding hydrogens is 166 g/mol. The van der Waals surface area contributed by atoms with Gasteiger partial charge in [0.15, 0.2) is 0 Å². The Hall–Kier alpha value is -0.860. The Morgan fingerprint density at radius 1 is 1.31 bits per heavy atom. The molecule has 0 N–H and O–H groups in total. The number of carbonyl (C=O) groups excluding carboxylic acids is 2. The summed E-state index contributed by atoms with van der Waals surface area (Å²) in [5.74, 6) is -0.357. The van der Waals surface area contributed by atoms with E-state index in [1.54, 1.807) is 18.7 Å². The summed E-state index contributed by atoms with van der Waals surface area (Å²) in [5, 5.41) is 0. The molecule has 1 heterocycles. The number of nitrogens with zero attached hydrogens (tertiary/aromatic N) is 1. The molecule has 0 aliphatic carbocycles. The lowest BCUT2D eigenvalue weighted by Gasteiger charge is -2.18. The predicted octanol–water partition coefficient (Wildman–Crippen LogP) is 1.22. The topological polar surface area (TPSA) is 37.4 Å². The van der Waals surface area contributed by atoms with Crippen LogP contribution in [0.4, 0.5) is 0 Å². The monoisotopic (exact) mass is 183 g/mol. The summed E-state index contributed by atoms with van der Waals surface area (Å²) in [6.45, 7) is 5.18. The van der Waals surface area contributed by atoms with E-state index in [1.165, 1.54) is 0 Å². The summed E-state index contributed by atoms with van der Waals surface area (Å²) in [5.41, 5.74) is 0. The fourth-order valence-electron chi connectivity index (χ4n) is 1.66. The van der Waals surface area contributed by atoms with Crippen LogP contribution in [-0.4, -0.2) is 29.7 Å². The number of likely N-dealkylation sites (tertiary alicyclic amines) is 1. The zero-order valence-corrected chi connectivity index (χ0v) is 8.38. The first kappa shape index (κ1) is 10.2. The van der Waals surface area contributed by atoms with E-state index < -0.39 is 5.92 Å². The van der Waals surface area contributed by atoms with Crippen LogP contribution in [0.1, 0.15) is 33.1 Å². The van der Waals surface area contributed by atoms with Crippen LogP contribution in [0.2, 0.25) is 0 Å². The molecule has 0 radical (unpaired) electrons. The summed E-state index contributed by atoms with van der Waals surface area (Å²) >= 11 is 0. The molecule has 1 rings (SSSR count). The Balaban J connectivity index is 2.50. The van der Waals surface area contributed by atoms with Crippen molar-refractivity contribution in [1.29, 1.82) is 0 Å². The van der Waals surface area contributed by atoms with Gasteiger partial charge in [0.2, 0.25) is 5.91 Å². The predicted molar refractivity (Wildman–Crippen MR) is 50.3 cm³/mol. The number of Topliss-reactive ketones (excluding diaryl/α,β-unsaturated/α-hetero) is 1. The minimum Gasteiger partial charge on any atom is -0.342 e. The van der Waals surface area contributed by atoms with Crippen LogP contribution in [0, 0.1) is 5.92 Å². The van der Waals surface area contributed by atoms with Gasteiger partial charge in [-0.15, -0.1) is 0 Å². The van der Waals surface area contributed by atoms with E-state index in [0.29, 0.717) is 6.42 Å². The Kier molecular flexibility index (Phi) is 3.46. The third kappa shape index (κ3) is 2.29. The van der Waals surface area contributed by atoms with Gasteiger partial charge in [-0.2, -0.15) is 0 Å². The van der Waals surface area contributed by atoms with E-state index in [2.05, 4.69) is 0 Å². The zero-order chi connectivity index (χ0) is 9.84. The van der Waals surface area contributed by atoms with E-state index in [-0.39, 0.29) is 11.7 Å². The maximum atomic E-state index is 11.7. The van der Waals surface area contributed by atoms with Crippen LogP contribution in [0.15, 0.2) is 0 Å². The molecule has 1 aliphatic heterocycles. The largest absolute Gasteiger partial charge is 0.342 e. The lowest BCUT2D eigenvalue weighted by atomic mass is 10.0. The number of ketones is 1. The zero-order valence-electron chi connectivity index (χ0n) is 8.38. The van der Waals surface area contributed by atoms with E-state index in [1.807, 2.05) is 0 Å². The van der Waals surface area contributed by atoms with Crippen LogP contribution >= 0.6 is 0 Å². The van der Waals surface area contributed by atoms with Crippen molar-refractivity contribution in [3.05, 3.63) is 0 Å². The number of amides is 1. The molecule has 0 aromatic rings. The van der Waals surface area contributed by atoms with Crippen molar-refractivity contribution in [3.8, 4) is 0 Å². The first-order valence-corrected chi connectivity index (χ1v) is 4.98. The molecule has 1 amide bonds. The maximum absolute atomic E-state index is 11.7. The second-order valence-corrected chi connectivity index (χ2v) is 3.57. The Labute approximate surface area is 79.1 Å². The van der Waals surface area contributed by atoms with Gasteiger partial charge >= 0.3 is 0 Å². The van der Waals surface area contributed by atoms with Crippen LogP contribution in [0.3, 0.4) is 0 Å². The Bertz CT molecular complexity index is 207. The van der Waals surface area contributed by atoms with Crippen molar-refractivity contribution in [2.24, 2.45) is 5.92 Å². The fraction of sp³-hybridized carbons (Fsp3) is 0.800. The molecule has 0 spiro atoms. The third-order valence-corrected chi connectivity index (χ3v) is 2.62. The van der Waals surface area contributed by atoms with Gasteiger partial charge in [-0.3, -0.25) is 9.59 Å². The van der Waals surface area contributed by atoms with Gasteiger partial charge in [0, 0.05) is 19.5 Å². The van der Waals surface area contributed by atoms with Gasteiger partial charge in [0.1, 0.15) is 5.78 Å². The quantitative estimate of drug-likeness (QED) is 0.617. The molecule has 3 heteroatoms. The number of hydrogen-bond acceptors (Lipinski definition) is 2. The maximum Gasteiger partial charge on any atom is 0.232 e. The van der Waals surface area contributed by atoms with Crippen molar-refractivity contribution < 1.29 is 9.59 Å². The van der Waals surface area contributed by atoms with Crippen molar-refractivity contribution in [2.45, 2.75) is 33.1 Å². The second-order valence-electron chi connectivity index (χ2n) is 3.57. The first-order valence-electron chi connectivity index (χ1n) is 4.98. The molecule has 1 unspecified atom stereocenters. The van der Waals surface area contributed by atoms with Crippen molar-refractivity contribution in [2.75, 3.05) is 13.1 Å². The fourth-order valence-corrected chi connectivity index (χ4v) is 1.66. The summed E-state index contributed by atoms with van der Waals surface area (Å²) in [7, 11) is 0. The van der Waals surface area contributed by atoms with Gasteiger partial charge in [0.25, 0.3) is 0 Å². The highest BCUT2D eigenvalue weighted by Crippen LogP contribution is 2.13. The smallest absolute Gasteiger partial charge is 0.232 e. The molecule has 1 atom stereocenters.